The summed E-state index contributed by atoms with van der Waals surface area (Å²) in [7, 11) is 0. The smallest absolute Gasteiger partial charge is 0.165 e. The summed E-state index contributed by atoms with van der Waals surface area (Å²) in [6, 6.07) is 105. The maximum Gasteiger partial charge on any atom is 0.165 e. The van der Waals surface area contributed by atoms with Crippen LogP contribution in [0.15, 0.2) is 347 Å². The van der Waals surface area contributed by atoms with E-state index in [1.807, 2.05) is 92.2 Å². The lowest BCUT2D eigenvalue weighted by atomic mass is 9.97. The SMILES string of the molecule is c1ccc(-n2c3ccccc3c3c4c(ccc32)-c2ccc3c5ccncc5n5c6ncccc6nc5c3c2C4)cc1.c1ccc(-n2c3ccccc3c3cc4c(cc32)-c2ccc3c5ccncc5n5c6ncccc6nc5c3c2C4)cc1.c1ccc(-n2c3ccccc3c3ccc4c(c32)-c2ccc3c5ccncc5n5c6ncccc6nc5c3c2C4)cc1. The van der Waals surface area contributed by atoms with E-state index in [2.05, 4.69) is 297 Å². The lowest BCUT2D eigenvalue weighted by Gasteiger charge is -2.13. The summed E-state index contributed by atoms with van der Waals surface area (Å²) in [5.74, 6) is 0. The van der Waals surface area contributed by atoms with Crippen molar-refractivity contribution in [3.8, 4) is 50.4 Å². The van der Waals surface area contributed by atoms with Crippen LogP contribution in [-0.4, -0.2) is 71.8 Å². The monoisotopic (exact) mass is 1570 g/mol. The van der Waals surface area contributed by atoms with E-state index in [0.717, 1.165) is 102 Å². The molecule has 0 bridgehead atoms. The van der Waals surface area contributed by atoms with Gasteiger partial charge in [-0.15, -0.1) is 0 Å². The summed E-state index contributed by atoms with van der Waals surface area (Å²) in [5.41, 5.74) is 38.0. The molecule has 0 unspecified atom stereocenters. The number of aromatic nitrogens is 15. The van der Waals surface area contributed by atoms with E-state index in [9.17, 15) is 0 Å². The molecule has 123 heavy (non-hydrogen) atoms. The van der Waals surface area contributed by atoms with Crippen LogP contribution in [0.4, 0.5) is 0 Å². The van der Waals surface area contributed by atoms with Crippen molar-refractivity contribution in [2.75, 3.05) is 0 Å². The van der Waals surface area contributed by atoms with Gasteiger partial charge in [0.1, 0.15) is 33.5 Å². The zero-order chi connectivity index (χ0) is 80.0. The molecule has 0 saturated carbocycles. The molecule has 15 nitrogen and oxygen atoms in total. The molecule has 27 aromatic rings. The molecule has 30 rings (SSSR count). The predicted octanol–water partition coefficient (Wildman–Crippen LogP) is 24.8. The summed E-state index contributed by atoms with van der Waals surface area (Å²) in [6.45, 7) is 0. The maximum atomic E-state index is 5.16. The van der Waals surface area contributed by atoms with E-state index in [4.69, 9.17) is 29.9 Å². The highest BCUT2D eigenvalue weighted by molar-refractivity contribution is 6.24. The number of benzene rings is 12. The molecule has 0 N–H and O–H groups in total. The molecule has 0 aliphatic heterocycles. The fraction of sp³-hybridized carbons (Fsp3) is 0.0278. The predicted molar refractivity (Wildman–Crippen MR) is 498 cm³/mol. The van der Waals surface area contributed by atoms with Crippen molar-refractivity contribution in [1.29, 1.82) is 0 Å². The number of hydrogen-bond donors (Lipinski definition) is 0. The molecule has 0 atom stereocenters. The molecular formula is C108H63N15. The quantitative estimate of drug-likeness (QED) is 0.158. The number of fused-ring (bicyclic) bond motifs is 47. The highest BCUT2D eigenvalue weighted by atomic mass is 15.1. The van der Waals surface area contributed by atoms with Gasteiger partial charge in [-0.2, -0.15) is 0 Å². The van der Waals surface area contributed by atoms with Crippen molar-refractivity contribution in [3.63, 3.8) is 0 Å². The third-order valence-corrected chi connectivity index (χ3v) is 26.6. The van der Waals surface area contributed by atoms with Gasteiger partial charge >= 0.3 is 0 Å². The minimum atomic E-state index is 0.852. The second-order valence-corrected chi connectivity index (χ2v) is 32.7. The molecule has 0 saturated heterocycles. The number of nitrogens with zero attached hydrogens (tertiary/aromatic N) is 15. The fourth-order valence-corrected chi connectivity index (χ4v) is 21.7. The normalized spacial score (nSPS) is 12.8. The summed E-state index contributed by atoms with van der Waals surface area (Å²) in [5, 5.41) is 18.5. The van der Waals surface area contributed by atoms with Crippen molar-refractivity contribution in [2.45, 2.75) is 19.3 Å². The Balaban J connectivity index is 0.0000000946. The third-order valence-electron chi connectivity index (χ3n) is 26.6. The van der Waals surface area contributed by atoms with Gasteiger partial charge in [0.2, 0.25) is 0 Å². The molecule has 15 heteroatoms. The van der Waals surface area contributed by atoms with Crippen LogP contribution in [0.25, 0.3) is 231 Å². The maximum absolute atomic E-state index is 5.16. The first-order chi connectivity index (χ1) is 61.1. The molecule has 12 aromatic carbocycles. The van der Waals surface area contributed by atoms with E-state index >= 15 is 0 Å². The van der Waals surface area contributed by atoms with Crippen molar-refractivity contribution in [2.24, 2.45) is 0 Å². The zero-order valence-electron chi connectivity index (χ0n) is 65.7. The molecule has 0 spiro atoms. The Bertz CT molecular complexity index is 9380. The largest absolute Gasteiger partial charge is 0.309 e. The van der Waals surface area contributed by atoms with Crippen molar-refractivity contribution in [1.82, 2.24) is 71.8 Å². The van der Waals surface area contributed by atoms with Gasteiger partial charge < -0.3 is 13.7 Å². The average Bonchev–Trinajstić information content (AvgIpc) is 1.55. The van der Waals surface area contributed by atoms with Gasteiger partial charge in [-0.1, -0.05) is 164 Å². The van der Waals surface area contributed by atoms with Gasteiger partial charge in [-0.05, 0) is 218 Å². The highest BCUT2D eigenvalue weighted by Crippen LogP contribution is 2.53. The molecule has 0 fully saturated rings. The Morgan fingerprint density at radius 2 is 0.610 bits per heavy atom. The number of pyridine rings is 9. The summed E-state index contributed by atoms with van der Waals surface area (Å²) < 4.78 is 13.8. The van der Waals surface area contributed by atoms with Crippen molar-refractivity contribution in [3.05, 3.63) is 380 Å². The average molecular weight is 1570 g/mol. The Labute approximate surface area is 698 Å². The molecule has 0 radical (unpaired) electrons. The third kappa shape index (κ3) is 9.12. The molecule has 3 aliphatic rings. The lowest BCUT2D eigenvalue weighted by Crippen LogP contribution is -1.96. The summed E-state index contributed by atoms with van der Waals surface area (Å²) in [4.78, 5) is 43.1. The topological polar surface area (TPSA) is 144 Å². The van der Waals surface area contributed by atoms with Crippen LogP contribution in [-0.2, 0) is 19.3 Å². The Morgan fingerprint density at radius 1 is 0.220 bits per heavy atom. The summed E-state index contributed by atoms with van der Waals surface area (Å²) >= 11 is 0. The van der Waals surface area contributed by atoms with Crippen LogP contribution >= 0.6 is 0 Å². The van der Waals surface area contributed by atoms with Gasteiger partial charge in [-0.25, -0.2) is 29.9 Å². The van der Waals surface area contributed by atoms with Crippen LogP contribution < -0.4 is 0 Å². The Kier molecular flexibility index (Phi) is 13.5. The molecule has 570 valence electrons. The Morgan fingerprint density at radius 3 is 1.14 bits per heavy atom. The zero-order valence-corrected chi connectivity index (χ0v) is 65.7. The van der Waals surface area contributed by atoms with Gasteiger partial charge in [0.15, 0.2) is 16.9 Å². The van der Waals surface area contributed by atoms with E-state index in [1.54, 1.807) is 0 Å². The van der Waals surface area contributed by atoms with Crippen LogP contribution in [0.1, 0.15) is 33.4 Å². The van der Waals surface area contributed by atoms with Gasteiger partial charge in [0, 0.05) is 131 Å². The number of rotatable bonds is 3. The molecule has 15 aromatic heterocycles. The summed E-state index contributed by atoms with van der Waals surface area (Å²) in [6.07, 6.45) is 19.5. The first-order valence-electron chi connectivity index (χ1n) is 41.8. The first-order valence-corrected chi connectivity index (χ1v) is 41.8. The van der Waals surface area contributed by atoms with E-state index < -0.39 is 0 Å². The van der Waals surface area contributed by atoms with Gasteiger partial charge in [0.05, 0.1) is 68.2 Å². The van der Waals surface area contributed by atoms with Crippen molar-refractivity contribution < 1.29 is 0 Å². The second kappa shape index (κ2) is 25.0. The molecule has 15 heterocycles. The first kappa shape index (κ1) is 66.4. The van der Waals surface area contributed by atoms with E-state index in [1.165, 1.54) is 182 Å². The van der Waals surface area contributed by atoms with Gasteiger partial charge in [0.25, 0.3) is 0 Å². The van der Waals surface area contributed by atoms with Crippen LogP contribution in [0.2, 0.25) is 0 Å². The molecular weight excluding hydrogens is 1510 g/mol. The number of imidazole rings is 3. The van der Waals surface area contributed by atoms with Crippen molar-refractivity contribution >= 4 is 181 Å². The Hall–Kier alpha value is -16.7. The van der Waals surface area contributed by atoms with Gasteiger partial charge in [-0.3, -0.25) is 28.2 Å². The highest BCUT2D eigenvalue weighted by Gasteiger charge is 2.33. The minimum absolute atomic E-state index is 0.852. The molecule has 0 amide bonds. The number of hydrogen-bond acceptors (Lipinski definition) is 9. The van der Waals surface area contributed by atoms with Crippen LogP contribution in [0, 0.1) is 0 Å². The van der Waals surface area contributed by atoms with E-state index in [0.29, 0.717) is 0 Å². The standard InChI is InChI=1S/3C36H21N5/c1-2-7-22(8-3-1)40-30-11-5-4-9-23(30)27-13-12-21-19-28-26(32(21)34(27)40)15-14-25-24-16-18-37-20-31(24)41-35-29(10-6-17-38-35)39-36(41)33(25)28;1-2-7-21(8-3-1)40-30-11-5-4-9-26(30)33-27-19-28-22(23(27)14-15-31(33)40)12-13-25-24-16-18-37-20-32(24)41-35-29(10-6-17-38-35)39-36(41)34(25)28;1-2-7-22(8-3-1)40-31-11-5-4-9-24(31)28-17-21-18-29-23(27(21)19-32(28)40)12-13-26-25-14-16-37-20-33(25)41-35-30(10-6-15-38-35)39-36(41)34(26)29/h2*1-18,20H,19H2;1-17,19-20H,18H2. The van der Waals surface area contributed by atoms with E-state index in [-0.39, 0.29) is 0 Å². The lowest BCUT2D eigenvalue weighted by molar-refractivity contribution is 1.18. The second-order valence-electron chi connectivity index (χ2n) is 32.7. The fourth-order valence-electron chi connectivity index (χ4n) is 21.7. The van der Waals surface area contributed by atoms with Crippen LogP contribution in [0.3, 0.4) is 0 Å². The minimum Gasteiger partial charge on any atom is -0.309 e. The molecule has 3 aliphatic carbocycles. The van der Waals surface area contributed by atoms with Crippen LogP contribution in [0.5, 0.6) is 0 Å². The number of para-hydroxylation sites is 6.